The lowest BCUT2D eigenvalue weighted by Gasteiger charge is -2.26. The summed E-state index contributed by atoms with van der Waals surface area (Å²) in [4.78, 5) is 24.5. The van der Waals surface area contributed by atoms with Gasteiger partial charge in [-0.15, -0.1) is 0 Å². The lowest BCUT2D eigenvalue weighted by Crippen LogP contribution is -2.23. The van der Waals surface area contributed by atoms with Crippen LogP contribution in [0.25, 0.3) is 0 Å². The van der Waals surface area contributed by atoms with Gasteiger partial charge in [0.2, 0.25) is 11.7 Å². The van der Waals surface area contributed by atoms with Crippen LogP contribution >= 0.6 is 0 Å². The quantitative estimate of drug-likeness (QED) is 0.602. The van der Waals surface area contributed by atoms with Crippen LogP contribution in [0.4, 0.5) is 11.6 Å². The van der Waals surface area contributed by atoms with Gasteiger partial charge in [-0.2, -0.15) is 0 Å². The van der Waals surface area contributed by atoms with E-state index in [1.54, 1.807) is 27.5 Å². The van der Waals surface area contributed by atoms with Crippen LogP contribution in [0.2, 0.25) is 0 Å². The van der Waals surface area contributed by atoms with E-state index in [0.29, 0.717) is 41.6 Å². The fourth-order valence-electron chi connectivity index (χ4n) is 4.68. The molecule has 0 N–H and O–H groups in total. The zero-order valence-electron chi connectivity index (χ0n) is 18.4. The molecule has 7 nitrogen and oxygen atoms in total. The molecule has 3 aromatic rings. The van der Waals surface area contributed by atoms with Crippen LogP contribution in [0.3, 0.4) is 0 Å². The van der Waals surface area contributed by atoms with Crippen LogP contribution in [0.1, 0.15) is 39.5 Å². The number of nitrogens with zero attached hydrogens (tertiary/aromatic N) is 3. The highest BCUT2D eigenvalue weighted by atomic mass is 16.5. The Morgan fingerprint density at radius 2 is 1.75 bits per heavy atom. The van der Waals surface area contributed by atoms with Crippen LogP contribution in [-0.2, 0) is 12.8 Å². The Bertz CT molecular complexity index is 1170. The van der Waals surface area contributed by atoms with Gasteiger partial charge in [-0.1, -0.05) is 18.2 Å². The van der Waals surface area contributed by atoms with Gasteiger partial charge in [0.25, 0.3) is 0 Å². The second kappa shape index (κ2) is 8.15. The molecule has 1 atom stereocenters. The molecule has 2 heterocycles. The Kier molecular flexibility index (Phi) is 5.17. The van der Waals surface area contributed by atoms with E-state index in [-0.39, 0.29) is 11.7 Å². The van der Waals surface area contributed by atoms with Crippen molar-refractivity contribution < 1.29 is 19.0 Å². The van der Waals surface area contributed by atoms with Gasteiger partial charge in [0.15, 0.2) is 17.3 Å². The van der Waals surface area contributed by atoms with E-state index in [4.69, 9.17) is 19.2 Å². The molecule has 1 aliphatic carbocycles. The molecule has 0 fully saturated rings. The van der Waals surface area contributed by atoms with Crippen molar-refractivity contribution in [2.24, 2.45) is 0 Å². The van der Waals surface area contributed by atoms with E-state index in [2.05, 4.69) is 28.1 Å². The number of carbonyl (C=O) groups excluding carboxylic acids is 1. The average Bonchev–Trinajstić information content (AvgIpc) is 3.26. The van der Waals surface area contributed by atoms with Crippen molar-refractivity contribution in [1.82, 2.24) is 9.97 Å². The smallest absolute Gasteiger partial charge is 0.230 e. The molecule has 1 aliphatic heterocycles. The molecule has 2 aromatic carbocycles. The molecule has 0 saturated carbocycles. The average molecular weight is 431 g/mol. The van der Waals surface area contributed by atoms with Gasteiger partial charge < -0.3 is 19.1 Å². The van der Waals surface area contributed by atoms with Gasteiger partial charge in [-0.05, 0) is 48.1 Å². The molecule has 0 amide bonds. The first kappa shape index (κ1) is 20.3. The van der Waals surface area contributed by atoms with Gasteiger partial charge in [0.1, 0.15) is 0 Å². The molecule has 0 radical (unpaired) electrons. The predicted molar refractivity (Wildman–Crippen MR) is 121 cm³/mol. The first-order valence-electron chi connectivity index (χ1n) is 10.7. The zero-order chi connectivity index (χ0) is 22.2. The van der Waals surface area contributed by atoms with E-state index in [1.807, 2.05) is 18.2 Å². The second-order valence-electron chi connectivity index (χ2n) is 8.05. The number of carbonyl (C=O) groups is 1. The number of aromatic nitrogens is 2. The van der Waals surface area contributed by atoms with Crippen molar-refractivity contribution in [3.8, 4) is 17.2 Å². The Labute approximate surface area is 187 Å². The third kappa shape index (κ3) is 3.34. The Morgan fingerprint density at radius 3 is 2.47 bits per heavy atom. The van der Waals surface area contributed by atoms with E-state index in [1.165, 1.54) is 5.56 Å². The summed E-state index contributed by atoms with van der Waals surface area (Å²) in [6, 6.07) is 12.1. The highest BCUT2D eigenvalue weighted by Gasteiger charge is 2.31. The summed E-state index contributed by atoms with van der Waals surface area (Å²) in [6.07, 6.45) is 3.68. The molecule has 7 heteroatoms. The van der Waals surface area contributed by atoms with Crippen molar-refractivity contribution in [2.75, 3.05) is 32.8 Å². The van der Waals surface area contributed by atoms with Crippen LogP contribution < -0.4 is 19.1 Å². The minimum Gasteiger partial charge on any atom is -0.493 e. The summed E-state index contributed by atoms with van der Waals surface area (Å²) >= 11 is 0. The Hall–Kier alpha value is -3.61. The Balaban J connectivity index is 1.50. The number of hydrogen-bond donors (Lipinski definition) is 0. The number of ketones is 1. The zero-order valence-corrected chi connectivity index (χ0v) is 18.4. The summed E-state index contributed by atoms with van der Waals surface area (Å²) < 4.78 is 16.4. The van der Waals surface area contributed by atoms with E-state index in [0.717, 1.165) is 29.9 Å². The number of Topliss-reactive ketones (excluding diaryl/α,β-unsaturated/α-hetero) is 1. The van der Waals surface area contributed by atoms with Crippen molar-refractivity contribution in [2.45, 2.75) is 25.2 Å². The lowest BCUT2D eigenvalue weighted by molar-refractivity contribution is 0.0962. The molecule has 2 aliphatic rings. The van der Waals surface area contributed by atoms with Crippen molar-refractivity contribution in [3.05, 3.63) is 65.0 Å². The first-order valence-corrected chi connectivity index (χ1v) is 10.7. The standard InChI is InChI=1S/C25H25N3O4/c1-30-22-12-17(13-23(31-2)24(22)32-3)16-10-19-18(21(29)11-16)14-26-25(27-19)28-9-8-15-6-4-5-7-20(15)28/h4-7,12-14,16H,8-11H2,1-3H3/t16-/m1/s1. The van der Waals surface area contributed by atoms with E-state index < -0.39 is 0 Å². The molecular weight excluding hydrogens is 406 g/mol. The maximum absolute atomic E-state index is 13.0. The second-order valence-corrected chi connectivity index (χ2v) is 8.05. The fourth-order valence-corrected chi connectivity index (χ4v) is 4.68. The summed E-state index contributed by atoms with van der Waals surface area (Å²) in [5.74, 6) is 2.37. The highest BCUT2D eigenvalue weighted by Crippen LogP contribution is 2.43. The highest BCUT2D eigenvalue weighted by molar-refractivity contribution is 5.98. The number of para-hydroxylation sites is 1. The number of hydrogen-bond acceptors (Lipinski definition) is 7. The Morgan fingerprint density at radius 1 is 1.00 bits per heavy atom. The number of benzene rings is 2. The first-order chi connectivity index (χ1) is 15.6. The molecule has 0 bridgehead atoms. The lowest BCUT2D eigenvalue weighted by atomic mass is 9.82. The maximum Gasteiger partial charge on any atom is 0.230 e. The summed E-state index contributed by atoms with van der Waals surface area (Å²) in [7, 11) is 4.76. The molecule has 1 aromatic heterocycles. The van der Waals surface area contributed by atoms with Crippen molar-refractivity contribution >= 4 is 17.4 Å². The van der Waals surface area contributed by atoms with Crippen molar-refractivity contribution in [1.29, 1.82) is 0 Å². The largest absolute Gasteiger partial charge is 0.493 e. The number of anilines is 2. The monoisotopic (exact) mass is 431 g/mol. The molecule has 32 heavy (non-hydrogen) atoms. The van der Waals surface area contributed by atoms with Gasteiger partial charge in [0, 0.05) is 24.8 Å². The molecule has 5 rings (SSSR count). The molecule has 164 valence electrons. The third-order valence-corrected chi connectivity index (χ3v) is 6.31. The summed E-state index contributed by atoms with van der Waals surface area (Å²) in [5, 5.41) is 0. The maximum atomic E-state index is 13.0. The topological polar surface area (TPSA) is 73.8 Å². The van der Waals surface area contributed by atoms with E-state index >= 15 is 0 Å². The molecular formula is C25H25N3O4. The minimum atomic E-state index is -0.0303. The van der Waals surface area contributed by atoms with Gasteiger partial charge in [-0.3, -0.25) is 4.79 Å². The van der Waals surface area contributed by atoms with Gasteiger partial charge in [0.05, 0.1) is 32.6 Å². The summed E-state index contributed by atoms with van der Waals surface area (Å²) in [6.45, 7) is 0.836. The van der Waals surface area contributed by atoms with Crippen LogP contribution in [0, 0.1) is 0 Å². The number of ether oxygens (including phenoxy) is 3. The van der Waals surface area contributed by atoms with Crippen LogP contribution in [0.15, 0.2) is 42.6 Å². The SMILES string of the molecule is COc1cc([C@H]2CC(=O)c3cnc(N4CCc5ccccc54)nc3C2)cc(OC)c1OC. The van der Waals surface area contributed by atoms with Gasteiger partial charge >= 0.3 is 0 Å². The number of rotatable bonds is 5. The molecule has 0 saturated heterocycles. The number of methoxy groups -OCH3 is 3. The van der Waals surface area contributed by atoms with Gasteiger partial charge in [-0.25, -0.2) is 9.97 Å². The normalized spacial score (nSPS) is 17.0. The van der Waals surface area contributed by atoms with Crippen LogP contribution in [0.5, 0.6) is 17.2 Å². The fraction of sp³-hybridized carbons (Fsp3) is 0.320. The van der Waals surface area contributed by atoms with Crippen LogP contribution in [-0.4, -0.2) is 43.6 Å². The summed E-state index contributed by atoms with van der Waals surface area (Å²) in [5.41, 5.74) is 4.79. The molecule has 0 spiro atoms. The van der Waals surface area contributed by atoms with Crippen molar-refractivity contribution in [3.63, 3.8) is 0 Å². The molecule has 0 unspecified atom stereocenters. The third-order valence-electron chi connectivity index (χ3n) is 6.31. The predicted octanol–water partition coefficient (Wildman–Crippen LogP) is 4.11. The number of fused-ring (bicyclic) bond motifs is 2. The van der Waals surface area contributed by atoms with E-state index in [9.17, 15) is 4.79 Å². The minimum absolute atomic E-state index is 0.0303.